The fourth-order valence-electron chi connectivity index (χ4n) is 4.33. The molecule has 0 radical (unpaired) electrons. The van der Waals surface area contributed by atoms with Gasteiger partial charge in [0.25, 0.3) is 0 Å². The van der Waals surface area contributed by atoms with Crippen LogP contribution in [-0.2, 0) is 9.16 Å². The first-order chi connectivity index (χ1) is 14.4. The molecule has 0 unspecified atom stereocenters. The quantitative estimate of drug-likeness (QED) is 0.154. The molecule has 1 heterocycles. The number of hydrogen-bond donors (Lipinski definition) is 1. The minimum atomic E-state index is -2.33. The molecule has 184 valence electrons. The summed E-state index contributed by atoms with van der Waals surface area (Å²) in [6.45, 7) is 20.6. The molecule has 0 aromatic rings. The van der Waals surface area contributed by atoms with E-state index in [1.807, 2.05) is 0 Å². The van der Waals surface area contributed by atoms with E-state index in [1.54, 1.807) is 0 Å². The molecule has 0 saturated carbocycles. The van der Waals surface area contributed by atoms with Crippen molar-refractivity contribution in [1.29, 1.82) is 0 Å². The topological polar surface area (TPSA) is 42.0 Å². The zero-order valence-corrected chi connectivity index (χ0v) is 26.2. The van der Waals surface area contributed by atoms with Gasteiger partial charge in [0.2, 0.25) is 0 Å². The number of aliphatic hydroxyl groups excluding tert-OH is 1. The zero-order chi connectivity index (χ0) is 23.7. The van der Waals surface area contributed by atoms with Crippen LogP contribution in [0.3, 0.4) is 0 Å². The van der Waals surface area contributed by atoms with Crippen molar-refractivity contribution in [2.24, 2.45) is 0 Å². The van der Waals surface area contributed by atoms with Crippen molar-refractivity contribution < 1.29 is 14.3 Å². The first kappa shape index (κ1) is 29.7. The van der Waals surface area contributed by atoms with Gasteiger partial charge >= 0.3 is 200 Å². The molecule has 1 rings (SSSR count). The van der Waals surface area contributed by atoms with Gasteiger partial charge in [0.15, 0.2) is 0 Å². The molecule has 0 aromatic heterocycles. The first-order valence-electron chi connectivity index (χ1n) is 13.1. The van der Waals surface area contributed by atoms with Gasteiger partial charge in [-0.15, -0.1) is 0 Å². The second kappa shape index (κ2) is 13.5. The van der Waals surface area contributed by atoms with Crippen LogP contribution in [-0.4, -0.2) is 56.2 Å². The molecular weight excluding hydrogens is 507 g/mol. The number of hydrogen-bond acceptors (Lipinski definition) is 3. The average Bonchev–Trinajstić information content (AvgIpc) is 3.44. The Morgan fingerprint density at radius 2 is 1.48 bits per heavy atom. The summed E-state index contributed by atoms with van der Waals surface area (Å²) in [5.41, 5.74) is 0. The van der Waals surface area contributed by atoms with E-state index in [-0.39, 0.29) is 23.4 Å². The van der Waals surface area contributed by atoms with E-state index in [0.29, 0.717) is 0 Å². The van der Waals surface area contributed by atoms with Gasteiger partial charge in [0.1, 0.15) is 0 Å². The van der Waals surface area contributed by atoms with E-state index in [9.17, 15) is 5.11 Å². The molecule has 4 atom stereocenters. The minimum absolute atomic E-state index is 0.0331. The standard InChI is InChI=1S/C14H27O3Si.3C4H9.Sn/c1-8-11(15)13-12(16-13)9-10(2)17-18(6,7)14(3,4)5;3*1-3-4-2;/h1,8,10-13,15H,9H2,2-7H3;3*1,3-4H2,2H3;/t10-,11-,12+,13+;;;;/m0..../s1. The van der Waals surface area contributed by atoms with Gasteiger partial charge in [-0.05, 0) is 0 Å². The van der Waals surface area contributed by atoms with Crippen molar-refractivity contribution >= 4 is 26.7 Å². The SMILES string of the molecule is CCC[CH2][Sn](/[CH]=C/[C@H](O)[C@H]1O[C@@H]1C[C@H](C)O[Si](C)(C)C(C)(C)C)([CH2]CCC)[CH2]CCC. The van der Waals surface area contributed by atoms with E-state index in [0.717, 1.165) is 6.42 Å². The predicted octanol–water partition coefficient (Wildman–Crippen LogP) is 7.86. The molecule has 0 bridgehead atoms. The predicted molar refractivity (Wildman–Crippen MR) is 141 cm³/mol. The monoisotopic (exact) mass is 562 g/mol. The van der Waals surface area contributed by atoms with Crippen LogP contribution < -0.4 is 0 Å². The molecule has 1 saturated heterocycles. The molecule has 1 N–H and O–H groups in total. The van der Waals surface area contributed by atoms with E-state index >= 15 is 0 Å². The molecule has 3 nitrogen and oxygen atoms in total. The van der Waals surface area contributed by atoms with Crippen LogP contribution in [0.25, 0.3) is 0 Å². The van der Waals surface area contributed by atoms with Crippen molar-refractivity contribution in [3.8, 4) is 0 Å². The van der Waals surface area contributed by atoms with Crippen molar-refractivity contribution in [2.45, 2.75) is 149 Å². The summed E-state index contributed by atoms with van der Waals surface area (Å²) in [5, 5.41) is 11.1. The molecule has 31 heavy (non-hydrogen) atoms. The second-order valence-electron chi connectivity index (χ2n) is 11.6. The zero-order valence-electron chi connectivity index (χ0n) is 22.3. The molecule has 1 aliphatic rings. The molecule has 5 heteroatoms. The Morgan fingerprint density at radius 3 is 1.90 bits per heavy atom. The van der Waals surface area contributed by atoms with Crippen LogP contribution in [0, 0.1) is 0 Å². The van der Waals surface area contributed by atoms with E-state index in [1.165, 1.54) is 51.8 Å². The Balaban J connectivity index is 2.69. The van der Waals surface area contributed by atoms with Crippen LogP contribution >= 0.6 is 0 Å². The molecule has 0 aliphatic carbocycles. The van der Waals surface area contributed by atoms with Gasteiger partial charge in [0, 0.05) is 0 Å². The Morgan fingerprint density at radius 1 is 1.00 bits per heavy atom. The summed E-state index contributed by atoms with van der Waals surface area (Å²) in [4.78, 5) is 0. The van der Waals surface area contributed by atoms with E-state index in [2.05, 4.69) is 71.7 Å². The van der Waals surface area contributed by atoms with Gasteiger partial charge in [0.05, 0.1) is 0 Å². The third-order valence-electron chi connectivity index (χ3n) is 7.56. The number of epoxide rings is 1. The van der Waals surface area contributed by atoms with Gasteiger partial charge in [-0.3, -0.25) is 0 Å². The number of rotatable bonds is 16. The molecule has 1 fully saturated rings. The summed E-state index contributed by atoms with van der Waals surface area (Å²) in [6, 6.07) is 0. The van der Waals surface area contributed by atoms with E-state index < -0.39 is 32.8 Å². The van der Waals surface area contributed by atoms with Crippen molar-refractivity contribution in [1.82, 2.24) is 0 Å². The summed E-state index contributed by atoms with van der Waals surface area (Å²) in [5.74, 6) is 0. The Hall–Kier alpha value is 0.636. The number of ether oxygens (including phenoxy) is 1. The fourth-order valence-corrected chi connectivity index (χ4v) is 20.1. The summed E-state index contributed by atoms with van der Waals surface area (Å²) < 4.78 is 19.3. The van der Waals surface area contributed by atoms with Gasteiger partial charge in [-0.1, -0.05) is 0 Å². The Kier molecular flexibility index (Phi) is 12.9. The summed E-state index contributed by atoms with van der Waals surface area (Å²) in [6.07, 6.45) is 10.8. The maximum atomic E-state index is 10.9. The molecule has 0 aromatic carbocycles. The summed E-state index contributed by atoms with van der Waals surface area (Å²) >= 11 is -2.33. The fraction of sp³-hybridized carbons (Fsp3) is 0.923. The van der Waals surface area contributed by atoms with Crippen LogP contribution in [0.2, 0.25) is 31.4 Å². The third-order valence-corrected chi connectivity index (χ3v) is 26.3. The molecule has 1 aliphatic heterocycles. The van der Waals surface area contributed by atoms with Crippen LogP contribution in [0.1, 0.15) is 93.4 Å². The maximum absolute atomic E-state index is 10.9. The van der Waals surface area contributed by atoms with Crippen molar-refractivity contribution in [2.75, 3.05) is 0 Å². The van der Waals surface area contributed by atoms with E-state index in [4.69, 9.17) is 9.16 Å². The van der Waals surface area contributed by atoms with Gasteiger partial charge in [-0.25, -0.2) is 0 Å². The Labute approximate surface area is 199 Å². The normalized spacial score (nSPS) is 22.1. The average molecular weight is 562 g/mol. The third kappa shape index (κ3) is 10.2. The second-order valence-corrected chi connectivity index (χ2v) is 29.4. The van der Waals surface area contributed by atoms with Gasteiger partial charge in [-0.2, -0.15) is 0 Å². The first-order valence-corrected chi connectivity index (χ1v) is 23.7. The van der Waals surface area contributed by atoms with Crippen LogP contribution in [0.15, 0.2) is 10.2 Å². The van der Waals surface area contributed by atoms with Crippen molar-refractivity contribution in [3.63, 3.8) is 0 Å². The van der Waals surface area contributed by atoms with Gasteiger partial charge < -0.3 is 0 Å². The molecule has 0 spiro atoms. The van der Waals surface area contributed by atoms with Crippen LogP contribution in [0.5, 0.6) is 0 Å². The molecular formula is C26H54O3SiSn. The van der Waals surface area contributed by atoms with Crippen molar-refractivity contribution in [3.05, 3.63) is 10.2 Å². The van der Waals surface area contributed by atoms with Crippen LogP contribution in [0.4, 0.5) is 0 Å². The number of aliphatic hydroxyl groups is 1. The Bertz CT molecular complexity index is 507. The summed E-state index contributed by atoms with van der Waals surface area (Å²) in [7, 11) is -1.76. The molecule has 0 amide bonds. The number of unbranched alkanes of at least 4 members (excludes halogenated alkanes) is 3.